The Balaban J connectivity index is 1.69. The lowest BCUT2D eigenvalue weighted by Gasteiger charge is -2.31. The number of amides is 1. The van der Waals surface area contributed by atoms with E-state index in [1.54, 1.807) is 65.1 Å². The summed E-state index contributed by atoms with van der Waals surface area (Å²) in [5.74, 6) is 0.910. The second kappa shape index (κ2) is 10.9. The van der Waals surface area contributed by atoms with Crippen LogP contribution in [-0.4, -0.2) is 27.5 Å². The van der Waals surface area contributed by atoms with E-state index in [4.69, 9.17) is 21.3 Å². The molecule has 1 atom stereocenters. The fraction of sp³-hybridized carbons (Fsp3) is 0.129. The molecule has 0 saturated heterocycles. The van der Waals surface area contributed by atoms with Gasteiger partial charge in [0.25, 0.3) is 11.5 Å². The number of carbonyl (C=O) groups is 1. The summed E-state index contributed by atoms with van der Waals surface area (Å²) in [4.78, 5) is 34.4. The summed E-state index contributed by atoms with van der Waals surface area (Å²) in [6.45, 7) is 2.22. The van der Waals surface area contributed by atoms with E-state index in [2.05, 4.69) is 0 Å². The van der Waals surface area contributed by atoms with Crippen molar-refractivity contribution in [2.24, 2.45) is 0 Å². The summed E-state index contributed by atoms with van der Waals surface area (Å²) < 4.78 is 6.82. The number of carbonyl (C=O) groups excluding carboxylic acids is 1. The fourth-order valence-electron chi connectivity index (χ4n) is 4.50. The van der Waals surface area contributed by atoms with Gasteiger partial charge in [0.15, 0.2) is 0 Å². The summed E-state index contributed by atoms with van der Waals surface area (Å²) in [6, 6.07) is 30.5. The number of ether oxygens (including phenoxy) is 1. The van der Waals surface area contributed by atoms with Crippen LogP contribution in [0, 0.1) is 0 Å². The number of halogens is 1. The zero-order valence-electron chi connectivity index (χ0n) is 21.0. The van der Waals surface area contributed by atoms with Crippen LogP contribution in [0.25, 0.3) is 16.6 Å². The number of fused-ring (bicyclic) bond motifs is 1. The van der Waals surface area contributed by atoms with Crippen LogP contribution in [0.2, 0.25) is 5.02 Å². The van der Waals surface area contributed by atoms with Crippen LogP contribution in [0.5, 0.6) is 5.75 Å². The number of para-hydroxylation sites is 1. The summed E-state index contributed by atoms with van der Waals surface area (Å²) in [5.41, 5.74) is 2.38. The van der Waals surface area contributed by atoms with E-state index >= 15 is 0 Å². The second-order valence-corrected chi connectivity index (χ2v) is 9.37. The van der Waals surface area contributed by atoms with Gasteiger partial charge in [-0.25, -0.2) is 4.98 Å². The number of rotatable bonds is 7. The Morgan fingerprint density at radius 2 is 1.66 bits per heavy atom. The third-order valence-corrected chi connectivity index (χ3v) is 6.74. The van der Waals surface area contributed by atoms with E-state index in [1.165, 1.54) is 0 Å². The zero-order chi connectivity index (χ0) is 26.6. The minimum absolute atomic E-state index is 0.191. The molecule has 1 aromatic heterocycles. The van der Waals surface area contributed by atoms with E-state index in [9.17, 15) is 9.59 Å². The minimum atomic E-state index is -0.568. The Bertz CT molecular complexity index is 1650. The van der Waals surface area contributed by atoms with Gasteiger partial charge in [0.05, 0.1) is 29.7 Å². The lowest BCUT2D eigenvalue weighted by molar-refractivity contribution is 0.0664. The number of benzene rings is 4. The number of hydrogen-bond acceptors (Lipinski definition) is 4. The van der Waals surface area contributed by atoms with Gasteiger partial charge in [0.2, 0.25) is 0 Å². The highest BCUT2D eigenvalue weighted by atomic mass is 35.5. The van der Waals surface area contributed by atoms with Crippen molar-refractivity contribution in [3.8, 4) is 11.4 Å². The Kier molecular flexibility index (Phi) is 7.24. The third-order valence-electron chi connectivity index (χ3n) is 6.50. The van der Waals surface area contributed by atoms with Gasteiger partial charge < -0.3 is 9.64 Å². The molecule has 190 valence electrons. The molecule has 0 bridgehead atoms. The lowest BCUT2D eigenvalue weighted by atomic mass is 10.1. The molecule has 0 spiro atoms. The fourth-order valence-corrected chi connectivity index (χ4v) is 4.68. The Morgan fingerprint density at radius 1 is 0.947 bits per heavy atom. The topological polar surface area (TPSA) is 64.4 Å². The molecule has 1 amide bonds. The maximum absolute atomic E-state index is 14.0. The van der Waals surface area contributed by atoms with Crippen LogP contribution in [0.15, 0.2) is 108 Å². The highest BCUT2D eigenvalue weighted by Gasteiger charge is 2.28. The van der Waals surface area contributed by atoms with E-state index < -0.39 is 6.04 Å². The quantitative estimate of drug-likeness (QED) is 0.246. The van der Waals surface area contributed by atoms with Crippen molar-refractivity contribution in [1.29, 1.82) is 0 Å². The van der Waals surface area contributed by atoms with Gasteiger partial charge in [-0.05, 0) is 67.1 Å². The first kappa shape index (κ1) is 25.2. The average molecular weight is 524 g/mol. The maximum atomic E-state index is 14.0. The number of methoxy groups -OCH3 is 1. The Morgan fingerprint density at radius 3 is 2.37 bits per heavy atom. The van der Waals surface area contributed by atoms with E-state index in [-0.39, 0.29) is 11.5 Å². The number of nitrogens with zero attached hydrogens (tertiary/aromatic N) is 3. The van der Waals surface area contributed by atoms with Crippen molar-refractivity contribution in [3.63, 3.8) is 0 Å². The van der Waals surface area contributed by atoms with Crippen molar-refractivity contribution >= 4 is 28.4 Å². The Labute approximate surface area is 225 Å². The monoisotopic (exact) mass is 523 g/mol. The van der Waals surface area contributed by atoms with E-state index in [1.807, 2.05) is 61.5 Å². The van der Waals surface area contributed by atoms with Crippen LogP contribution < -0.4 is 10.3 Å². The largest absolute Gasteiger partial charge is 0.497 e. The molecule has 7 heteroatoms. The molecular weight excluding hydrogens is 498 g/mol. The average Bonchev–Trinajstić information content (AvgIpc) is 2.95. The zero-order valence-corrected chi connectivity index (χ0v) is 21.8. The summed E-state index contributed by atoms with van der Waals surface area (Å²) in [7, 11) is 1.58. The van der Waals surface area contributed by atoms with Gasteiger partial charge >= 0.3 is 0 Å². The molecule has 1 heterocycles. The first-order valence-corrected chi connectivity index (χ1v) is 12.6. The third kappa shape index (κ3) is 5.04. The lowest BCUT2D eigenvalue weighted by Crippen LogP contribution is -2.37. The summed E-state index contributed by atoms with van der Waals surface area (Å²) in [6.07, 6.45) is 0. The molecule has 0 radical (unpaired) electrons. The molecular formula is C31H26ClN3O3. The predicted octanol–water partition coefficient (Wildman–Crippen LogP) is 6.45. The predicted molar refractivity (Wildman–Crippen MR) is 150 cm³/mol. The van der Waals surface area contributed by atoms with Gasteiger partial charge in [-0.2, -0.15) is 0 Å². The van der Waals surface area contributed by atoms with Crippen molar-refractivity contribution in [3.05, 3.63) is 135 Å². The maximum Gasteiger partial charge on any atom is 0.266 e. The molecule has 1 unspecified atom stereocenters. The van der Waals surface area contributed by atoms with Crippen LogP contribution in [0.1, 0.15) is 34.7 Å². The molecule has 0 aliphatic heterocycles. The van der Waals surface area contributed by atoms with Crippen molar-refractivity contribution in [2.75, 3.05) is 7.11 Å². The van der Waals surface area contributed by atoms with Crippen LogP contribution in [0.4, 0.5) is 0 Å². The number of aromatic nitrogens is 2. The normalized spacial score (nSPS) is 11.8. The Hall–Kier alpha value is -4.42. The van der Waals surface area contributed by atoms with E-state index in [0.717, 1.165) is 5.56 Å². The first-order valence-electron chi connectivity index (χ1n) is 12.2. The second-order valence-electron chi connectivity index (χ2n) is 8.93. The van der Waals surface area contributed by atoms with Crippen LogP contribution in [-0.2, 0) is 6.54 Å². The molecule has 0 fully saturated rings. The van der Waals surface area contributed by atoms with Crippen LogP contribution in [0.3, 0.4) is 0 Å². The smallest absolute Gasteiger partial charge is 0.266 e. The van der Waals surface area contributed by atoms with Crippen molar-refractivity contribution < 1.29 is 9.53 Å². The van der Waals surface area contributed by atoms with Crippen LogP contribution >= 0.6 is 11.6 Å². The minimum Gasteiger partial charge on any atom is -0.497 e. The highest BCUT2D eigenvalue weighted by molar-refractivity contribution is 6.30. The molecule has 4 aromatic carbocycles. The molecule has 38 heavy (non-hydrogen) atoms. The number of hydrogen-bond donors (Lipinski definition) is 0. The van der Waals surface area contributed by atoms with Gasteiger partial charge in [0.1, 0.15) is 11.6 Å². The molecule has 0 aliphatic carbocycles. The molecule has 6 nitrogen and oxygen atoms in total. The molecule has 5 rings (SSSR count). The molecule has 0 N–H and O–H groups in total. The SMILES string of the molecule is COc1ccc(C(=O)N(Cc2ccccc2)C(C)c2nc3ccccc3c(=O)n2-c2cccc(Cl)c2)cc1. The molecule has 0 aliphatic rings. The van der Waals surface area contributed by atoms with Crippen molar-refractivity contribution in [1.82, 2.24) is 14.5 Å². The van der Waals surface area contributed by atoms with Gasteiger partial charge in [-0.1, -0.05) is 60.1 Å². The molecule has 0 saturated carbocycles. The summed E-state index contributed by atoms with van der Waals surface area (Å²) >= 11 is 6.31. The highest BCUT2D eigenvalue weighted by Crippen LogP contribution is 2.27. The van der Waals surface area contributed by atoms with Gasteiger partial charge in [-0.3, -0.25) is 14.2 Å². The molecule has 5 aromatic rings. The van der Waals surface area contributed by atoms with Gasteiger partial charge in [-0.15, -0.1) is 0 Å². The van der Waals surface area contributed by atoms with Crippen molar-refractivity contribution in [2.45, 2.75) is 19.5 Å². The van der Waals surface area contributed by atoms with Gasteiger partial charge in [0, 0.05) is 17.1 Å². The standard InChI is InChI=1S/C31H26ClN3O3/c1-21(34(20-22-9-4-3-5-10-22)30(36)23-15-17-26(38-2)18-16-23)29-33-28-14-7-6-13-27(28)31(37)35(29)25-12-8-11-24(32)19-25/h3-19,21H,20H2,1-2H3. The van der Waals surface area contributed by atoms with E-state index in [0.29, 0.717) is 45.3 Å². The first-order chi connectivity index (χ1) is 18.5. The summed E-state index contributed by atoms with van der Waals surface area (Å²) in [5, 5.41) is 0.983.